The molecule has 132 valence electrons. The van der Waals surface area contributed by atoms with Gasteiger partial charge < -0.3 is 9.47 Å². The van der Waals surface area contributed by atoms with E-state index in [1.807, 2.05) is 42.1 Å². The highest BCUT2D eigenvalue weighted by Crippen LogP contribution is 2.32. The molecule has 2 heterocycles. The van der Waals surface area contributed by atoms with Crippen LogP contribution in [0.3, 0.4) is 0 Å². The maximum Gasteiger partial charge on any atom is 0.355 e. The molecule has 0 fully saturated rings. The summed E-state index contributed by atoms with van der Waals surface area (Å²) in [4.78, 5) is 12.7. The van der Waals surface area contributed by atoms with Crippen LogP contribution < -0.4 is 19.8 Å². The predicted molar refractivity (Wildman–Crippen MR) is 100 cm³/mol. The highest BCUT2D eigenvalue weighted by molar-refractivity contribution is 9.10. The van der Waals surface area contributed by atoms with Crippen LogP contribution in [0.2, 0.25) is 0 Å². The number of imidazole rings is 1. The maximum atomic E-state index is 12.7. The number of carbonyl (C=O) groups is 1. The zero-order valence-corrected chi connectivity index (χ0v) is 15.7. The normalized spacial score (nSPS) is 12.4. The Bertz CT molecular complexity index is 1010. The number of ketones is 1. The summed E-state index contributed by atoms with van der Waals surface area (Å²) in [5.74, 6) is 1.71. The summed E-state index contributed by atoms with van der Waals surface area (Å²) in [6, 6.07) is 13.1. The van der Waals surface area contributed by atoms with Gasteiger partial charge in [0.05, 0.1) is 7.05 Å². The van der Waals surface area contributed by atoms with Crippen molar-refractivity contribution in [2.45, 2.75) is 6.54 Å². The predicted octanol–water partition coefficient (Wildman–Crippen LogP) is 2.94. The van der Waals surface area contributed by atoms with Crippen molar-refractivity contribution in [2.24, 2.45) is 7.05 Å². The van der Waals surface area contributed by atoms with E-state index >= 15 is 0 Å². The third-order valence-corrected chi connectivity index (χ3v) is 4.90. The van der Waals surface area contributed by atoms with E-state index in [0.29, 0.717) is 23.0 Å². The molecule has 0 saturated carbocycles. The van der Waals surface area contributed by atoms with Crippen molar-refractivity contribution >= 4 is 27.7 Å². The van der Waals surface area contributed by atoms with E-state index in [0.717, 1.165) is 15.7 Å². The number of aromatic nitrogens is 2. The molecule has 1 aliphatic rings. The van der Waals surface area contributed by atoms with E-state index in [-0.39, 0.29) is 19.1 Å². The number of anilines is 1. The fraction of sp³-hybridized carbons (Fsp3) is 0.158. The highest BCUT2D eigenvalue weighted by atomic mass is 79.9. The lowest BCUT2D eigenvalue weighted by Crippen LogP contribution is -2.39. The molecule has 0 aliphatic carbocycles. The minimum atomic E-state index is -0.0496. The Labute approximate surface area is 158 Å². The van der Waals surface area contributed by atoms with Crippen molar-refractivity contribution in [2.75, 3.05) is 12.5 Å². The lowest BCUT2D eigenvalue weighted by molar-refractivity contribution is -0.667. The Balaban J connectivity index is 1.62. The van der Waals surface area contributed by atoms with Crippen LogP contribution in [0.1, 0.15) is 10.4 Å². The molecule has 6 nitrogen and oxygen atoms in total. The van der Waals surface area contributed by atoms with Gasteiger partial charge in [-0.1, -0.05) is 28.1 Å². The Kier molecular flexibility index (Phi) is 4.16. The minimum absolute atomic E-state index is 0.0496. The van der Waals surface area contributed by atoms with Gasteiger partial charge in [-0.05, 0) is 30.3 Å². The zero-order chi connectivity index (χ0) is 18.3. The number of Topliss-reactive ketones (excluding diaryl/α,β-unsaturated/α-hetero) is 1. The number of carbonyl (C=O) groups excluding carboxylic acids is 1. The molecule has 1 aromatic heterocycles. The molecule has 0 spiro atoms. The molecule has 0 amide bonds. The molecule has 0 radical (unpaired) electrons. The van der Waals surface area contributed by atoms with Gasteiger partial charge in [-0.3, -0.25) is 10.5 Å². The van der Waals surface area contributed by atoms with Gasteiger partial charge in [0, 0.05) is 15.6 Å². The number of hydrogen-bond acceptors (Lipinski definition) is 4. The molecule has 1 aliphatic heterocycles. The molecule has 26 heavy (non-hydrogen) atoms. The largest absolute Gasteiger partial charge is 0.454 e. The summed E-state index contributed by atoms with van der Waals surface area (Å²) in [5, 5.41) is 0. The number of rotatable bonds is 4. The van der Waals surface area contributed by atoms with Crippen LogP contribution in [0, 0.1) is 0 Å². The van der Waals surface area contributed by atoms with Crippen LogP contribution in [0.5, 0.6) is 11.5 Å². The summed E-state index contributed by atoms with van der Waals surface area (Å²) in [5.41, 5.74) is 8.73. The Morgan fingerprint density at radius 1 is 1.23 bits per heavy atom. The number of ether oxygens (including phenoxy) is 2. The summed E-state index contributed by atoms with van der Waals surface area (Å²) in [6.45, 7) is 0.330. The van der Waals surface area contributed by atoms with Gasteiger partial charge in [-0.15, -0.1) is 0 Å². The topological polar surface area (TPSA) is 70.4 Å². The number of nitrogens with zero attached hydrogens (tertiary/aromatic N) is 2. The van der Waals surface area contributed by atoms with Crippen LogP contribution >= 0.6 is 15.9 Å². The van der Waals surface area contributed by atoms with Crippen LogP contribution in [0.4, 0.5) is 5.95 Å². The summed E-state index contributed by atoms with van der Waals surface area (Å²) < 4.78 is 15.2. The molecular formula is C19H17BrN3O3+. The van der Waals surface area contributed by atoms with E-state index in [4.69, 9.17) is 15.2 Å². The van der Waals surface area contributed by atoms with E-state index in [2.05, 4.69) is 15.9 Å². The number of benzene rings is 2. The maximum absolute atomic E-state index is 12.7. The first-order chi connectivity index (χ1) is 12.5. The Morgan fingerprint density at radius 2 is 2.04 bits per heavy atom. The molecule has 0 atom stereocenters. The van der Waals surface area contributed by atoms with Crippen molar-refractivity contribution in [3.63, 3.8) is 0 Å². The van der Waals surface area contributed by atoms with Crippen LogP contribution in [0.15, 0.2) is 53.1 Å². The molecule has 0 bridgehead atoms. The minimum Gasteiger partial charge on any atom is -0.454 e. The second-order valence-corrected chi connectivity index (χ2v) is 6.98. The average Bonchev–Trinajstić information content (AvgIpc) is 3.21. The Hall–Kier alpha value is -2.80. The smallest absolute Gasteiger partial charge is 0.355 e. The van der Waals surface area contributed by atoms with Gasteiger partial charge in [-0.25, -0.2) is 9.13 Å². The second-order valence-electron chi connectivity index (χ2n) is 6.06. The van der Waals surface area contributed by atoms with E-state index in [1.54, 1.807) is 22.8 Å². The van der Waals surface area contributed by atoms with E-state index < -0.39 is 0 Å². The van der Waals surface area contributed by atoms with Crippen molar-refractivity contribution < 1.29 is 18.8 Å². The fourth-order valence-electron chi connectivity index (χ4n) is 2.98. The molecular weight excluding hydrogens is 398 g/mol. The third kappa shape index (κ3) is 2.94. The van der Waals surface area contributed by atoms with Gasteiger partial charge in [0.2, 0.25) is 6.79 Å². The van der Waals surface area contributed by atoms with Crippen molar-refractivity contribution in [1.82, 2.24) is 4.57 Å². The average molecular weight is 415 g/mol. The van der Waals surface area contributed by atoms with Gasteiger partial charge in [0.1, 0.15) is 18.4 Å². The van der Waals surface area contributed by atoms with Gasteiger partial charge in [0.25, 0.3) is 0 Å². The van der Waals surface area contributed by atoms with Gasteiger partial charge in [0.15, 0.2) is 17.3 Å². The van der Waals surface area contributed by atoms with Crippen LogP contribution in [-0.4, -0.2) is 17.1 Å². The lowest BCUT2D eigenvalue weighted by atomic mass is 10.1. The SMILES string of the molecule is Cn1c(-c2cccc(Br)c2)c[n+](CC(=O)c2ccc3c(c2)OCO3)c1N. The van der Waals surface area contributed by atoms with Crippen molar-refractivity contribution in [3.05, 3.63) is 58.7 Å². The van der Waals surface area contributed by atoms with Gasteiger partial charge in [-0.2, -0.15) is 0 Å². The molecule has 2 aromatic carbocycles. The molecule has 3 aromatic rings. The monoisotopic (exact) mass is 414 g/mol. The number of nitrogens with two attached hydrogens (primary N) is 1. The lowest BCUT2D eigenvalue weighted by Gasteiger charge is -2.02. The molecule has 2 N–H and O–H groups in total. The van der Waals surface area contributed by atoms with Crippen molar-refractivity contribution in [3.8, 4) is 22.8 Å². The zero-order valence-electron chi connectivity index (χ0n) is 14.1. The number of halogens is 1. The molecule has 0 saturated heterocycles. The standard InChI is InChI=1S/C19H16BrN3O3/c1-22-15(12-3-2-4-14(20)7-12)9-23(19(22)21)10-16(24)13-5-6-17-18(8-13)26-11-25-17/h2-9,21H,10-11H2,1H3/p+1. The molecule has 4 rings (SSSR count). The second kappa shape index (κ2) is 6.49. The quantitative estimate of drug-likeness (QED) is 0.526. The fourth-order valence-corrected chi connectivity index (χ4v) is 3.37. The Morgan fingerprint density at radius 3 is 2.85 bits per heavy atom. The van der Waals surface area contributed by atoms with Crippen LogP contribution in [-0.2, 0) is 13.6 Å². The van der Waals surface area contributed by atoms with E-state index in [1.165, 1.54) is 0 Å². The number of nitrogen functional groups attached to an aromatic ring is 1. The third-order valence-electron chi connectivity index (χ3n) is 4.41. The van der Waals surface area contributed by atoms with Crippen LogP contribution in [0.25, 0.3) is 11.3 Å². The summed E-state index contributed by atoms with van der Waals surface area (Å²) >= 11 is 3.48. The molecule has 7 heteroatoms. The van der Waals surface area contributed by atoms with Gasteiger partial charge >= 0.3 is 5.95 Å². The number of hydrogen-bond donors (Lipinski definition) is 1. The van der Waals surface area contributed by atoms with Crippen molar-refractivity contribution in [1.29, 1.82) is 0 Å². The summed E-state index contributed by atoms with van der Waals surface area (Å²) in [6.07, 6.45) is 1.89. The number of fused-ring (bicyclic) bond motifs is 1. The first-order valence-corrected chi connectivity index (χ1v) is 8.85. The first-order valence-electron chi connectivity index (χ1n) is 8.06. The highest BCUT2D eigenvalue weighted by Gasteiger charge is 2.22. The summed E-state index contributed by atoms with van der Waals surface area (Å²) in [7, 11) is 1.88. The molecule has 0 unspecified atom stereocenters. The first kappa shape index (κ1) is 16.7. The van der Waals surface area contributed by atoms with E-state index in [9.17, 15) is 4.79 Å².